The number of nitrogen functional groups attached to an aromatic ring is 1. The van der Waals surface area contributed by atoms with Crippen LogP contribution in [-0.2, 0) is 32.6 Å². The van der Waals surface area contributed by atoms with Crippen molar-refractivity contribution in [3.63, 3.8) is 0 Å². The third kappa shape index (κ3) is 9.70. The molecule has 0 amide bonds. The maximum Gasteiger partial charge on any atom is 0.308 e. The van der Waals surface area contributed by atoms with Gasteiger partial charge in [-0.3, -0.25) is 9.59 Å². The zero-order valence-electron chi connectivity index (χ0n) is 24.8. The maximum atomic E-state index is 12.7. The summed E-state index contributed by atoms with van der Waals surface area (Å²) in [5.41, 5.74) is 7.49. The second-order valence-corrected chi connectivity index (χ2v) is 11.5. The molecule has 0 aliphatic carbocycles. The van der Waals surface area contributed by atoms with Crippen LogP contribution in [-0.4, -0.2) is 45.8 Å². The number of aromatic nitrogens is 2. The smallest absolute Gasteiger partial charge is 0.308 e. The van der Waals surface area contributed by atoms with Crippen molar-refractivity contribution in [2.24, 2.45) is 0 Å². The third-order valence-corrected chi connectivity index (χ3v) is 6.41. The number of aliphatic carboxylic acids is 1. The first-order valence-electron chi connectivity index (χ1n) is 13.6. The lowest BCUT2D eigenvalue weighted by Gasteiger charge is -2.25. The number of nitrogens with one attached hydrogen (secondary N) is 1. The van der Waals surface area contributed by atoms with Crippen molar-refractivity contribution in [3.8, 4) is 11.8 Å². The lowest BCUT2D eigenvalue weighted by molar-refractivity contribution is -0.155. The zero-order valence-corrected chi connectivity index (χ0v) is 24.8. The Labute approximate surface area is 237 Å². The topological polar surface area (TPSA) is 160 Å². The Bertz CT molecular complexity index is 1230. The molecule has 1 atom stereocenters. The summed E-state index contributed by atoms with van der Waals surface area (Å²) in [5.74, 6) is -0.239. The highest BCUT2D eigenvalue weighted by molar-refractivity contribution is 5.71. The molecule has 1 heterocycles. The number of carboxylic acids is 1. The molecule has 0 saturated heterocycles. The molecule has 0 spiro atoms. The van der Waals surface area contributed by atoms with Gasteiger partial charge in [0.2, 0.25) is 5.95 Å². The zero-order chi connectivity index (χ0) is 30.1. The highest BCUT2D eigenvalue weighted by Gasteiger charge is 2.25. The number of hydrogen-bond acceptors (Lipinski definition) is 9. The lowest BCUT2D eigenvalue weighted by atomic mass is 9.84. The van der Waals surface area contributed by atoms with E-state index in [1.54, 1.807) is 7.11 Å². The van der Waals surface area contributed by atoms with Crippen molar-refractivity contribution in [3.05, 3.63) is 40.6 Å². The van der Waals surface area contributed by atoms with Gasteiger partial charge >= 0.3 is 11.9 Å². The number of carbonyl (C=O) groups excluding carboxylic acids is 1. The van der Waals surface area contributed by atoms with E-state index in [0.29, 0.717) is 35.7 Å². The van der Waals surface area contributed by atoms with Crippen molar-refractivity contribution in [1.29, 1.82) is 5.26 Å². The number of ether oxygens (including phenoxy) is 2. The van der Waals surface area contributed by atoms with Gasteiger partial charge in [0.15, 0.2) is 0 Å². The molecule has 0 saturated carbocycles. The number of rotatable bonds is 14. The Morgan fingerprint density at radius 1 is 1.20 bits per heavy atom. The number of esters is 1. The van der Waals surface area contributed by atoms with Crippen LogP contribution in [0.5, 0.6) is 5.75 Å². The minimum Gasteiger partial charge on any atom is -0.496 e. The van der Waals surface area contributed by atoms with E-state index < -0.39 is 17.0 Å². The van der Waals surface area contributed by atoms with Crippen molar-refractivity contribution in [1.82, 2.24) is 9.97 Å². The minimum atomic E-state index is -0.960. The number of hydrogen-bond donors (Lipinski definition) is 3. The van der Waals surface area contributed by atoms with Gasteiger partial charge in [-0.25, -0.2) is 4.98 Å². The molecule has 0 radical (unpaired) electrons. The van der Waals surface area contributed by atoms with Crippen LogP contribution in [0.25, 0.3) is 0 Å². The highest BCUT2D eigenvalue weighted by atomic mass is 16.6. The summed E-state index contributed by atoms with van der Waals surface area (Å²) in [6.45, 7) is 11.2. The number of unbranched alkanes of at least 4 members (excludes halogenated alkanes) is 1. The summed E-state index contributed by atoms with van der Waals surface area (Å²) >= 11 is 0. The van der Waals surface area contributed by atoms with Gasteiger partial charge in [-0.15, -0.1) is 0 Å². The molecule has 0 bridgehead atoms. The molecule has 1 aromatic carbocycles. The highest BCUT2D eigenvalue weighted by Crippen LogP contribution is 2.32. The predicted molar refractivity (Wildman–Crippen MR) is 154 cm³/mol. The summed E-state index contributed by atoms with van der Waals surface area (Å²) in [6, 6.07) is 7.63. The Kier molecular flexibility index (Phi) is 11.3. The molecule has 1 unspecified atom stereocenters. The van der Waals surface area contributed by atoms with E-state index in [2.05, 4.69) is 28.3 Å². The molecule has 1 aromatic heterocycles. The van der Waals surface area contributed by atoms with Crippen LogP contribution >= 0.6 is 0 Å². The maximum absolute atomic E-state index is 12.7. The number of carbonyl (C=O) groups is 2. The van der Waals surface area contributed by atoms with E-state index in [0.717, 1.165) is 24.0 Å². The van der Waals surface area contributed by atoms with E-state index in [-0.39, 0.29) is 37.2 Å². The quantitative estimate of drug-likeness (QED) is 0.266. The normalized spacial score (nSPS) is 12.3. The summed E-state index contributed by atoms with van der Waals surface area (Å²) in [6.07, 6.45) is 2.93. The number of aryl methyl sites for hydroxylation is 1. The largest absolute Gasteiger partial charge is 0.496 e. The Morgan fingerprint density at radius 3 is 2.48 bits per heavy atom. The Morgan fingerprint density at radius 2 is 1.90 bits per heavy atom. The van der Waals surface area contributed by atoms with E-state index in [1.807, 2.05) is 52.8 Å². The second kappa shape index (κ2) is 14.0. The molecule has 40 heavy (non-hydrogen) atoms. The fourth-order valence-electron chi connectivity index (χ4n) is 4.30. The van der Waals surface area contributed by atoms with Crippen LogP contribution in [0.4, 0.5) is 11.8 Å². The van der Waals surface area contributed by atoms with Gasteiger partial charge in [0.25, 0.3) is 0 Å². The average Bonchev–Trinajstić information content (AvgIpc) is 2.86. The molecular weight excluding hydrogens is 510 g/mol. The van der Waals surface area contributed by atoms with Crippen LogP contribution in [0.1, 0.15) is 96.0 Å². The van der Waals surface area contributed by atoms with Crippen LogP contribution in [0.15, 0.2) is 18.2 Å². The molecule has 2 aromatic rings. The van der Waals surface area contributed by atoms with Gasteiger partial charge in [-0.2, -0.15) is 10.2 Å². The first-order valence-corrected chi connectivity index (χ1v) is 13.6. The molecule has 0 fully saturated rings. The SMILES string of the molecule is CCCCC(CC(=O)OC(C)(C)C)Nc1nc(N)nc(CCC(=O)O)c1Cc1cc(C(C)(C)C#N)ccc1OC. The fraction of sp³-hybridized carbons (Fsp3) is 0.567. The molecule has 0 aliphatic rings. The minimum absolute atomic E-state index is 0.00415. The van der Waals surface area contributed by atoms with E-state index in [4.69, 9.17) is 15.2 Å². The number of nitrogens with two attached hydrogens (primary N) is 1. The van der Waals surface area contributed by atoms with Crippen molar-refractivity contribution in [2.75, 3.05) is 18.2 Å². The predicted octanol–water partition coefficient (Wildman–Crippen LogP) is 5.18. The monoisotopic (exact) mass is 553 g/mol. The molecule has 0 aliphatic heterocycles. The number of benzene rings is 1. The van der Waals surface area contributed by atoms with Crippen molar-refractivity contribution < 1.29 is 24.2 Å². The fourth-order valence-corrected chi connectivity index (χ4v) is 4.30. The van der Waals surface area contributed by atoms with Gasteiger partial charge in [-0.1, -0.05) is 31.9 Å². The summed E-state index contributed by atoms with van der Waals surface area (Å²) in [7, 11) is 1.57. The first kappa shape index (κ1) is 32.3. The van der Waals surface area contributed by atoms with Crippen molar-refractivity contribution >= 4 is 23.7 Å². The van der Waals surface area contributed by atoms with E-state index in [9.17, 15) is 20.0 Å². The number of anilines is 2. The van der Waals surface area contributed by atoms with E-state index >= 15 is 0 Å². The van der Waals surface area contributed by atoms with Gasteiger partial charge in [0.1, 0.15) is 17.2 Å². The number of carboxylic acid groups (broad SMARTS) is 1. The summed E-state index contributed by atoms with van der Waals surface area (Å²) < 4.78 is 11.2. The summed E-state index contributed by atoms with van der Waals surface area (Å²) in [4.78, 5) is 33.1. The second-order valence-electron chi connectivity index (χ2n) is 11.5. The Balaban J connectivity index is 2.60. The van der Waals surface area contributed by atoms with Gasteiger partial charge in [-0.05, 0) is 58.2 Å². The summed E-state index contributed by atoms with van der Waals surface area (Å²) in [5, 5.41) is 22.5. The lowest BCUT2D eigenvalue weighted by Crippen LogP contribution is -2.30. The molecule has 218 valence electrons. The molecule has 10 heteroatoms. The van der Waals surface area contributed by atoms with Crippen LogP contribution < -0.4 is 15.8 Å². The molecule has 4 N–H and O–H groups in total. The van der Waals surface area contributed by atoms with Gasteiger partial charge in [0.05, 0.1) is 37.1 Å². The van der Waals surface area contributed by atoms with Gasteiger partial charge < -0.3 is 25.6 Å². The van der Waals surface area contributed by atoms with Crippen LogP contribution in [0.3, 0.4) is 0 Å². The number of nitriles is 1. The standard InChI is InChI=1S/C30H43N5O5/c1-8-9-10-21(17-26(38)40-29(2,3)4)33-27-22(23(12-14-25(36)37)34-28(32)35-27)16-19-15-20(30(5,6)18-31)11-13-24(19)39-7/h11,13,15,21H,8-10,12,14,16-17H2,1-7H3,(H,36,37)(H3,32,33,34,35). The van der Waals surface area contributed by atoms with Crippen molar-refractivity contribution in [2.45, 2.75) is 104 Å². The molecular formula is C30H43N5O5. The first-order chi connectivity index (χ1) is 18.7. The van der Waals surface area contributed by atoms with Gasteiger partial charge in [0, 0.05) is 24.4 Å². The number of methoxy groups -OCH3 is 1. The van der Waals surface area contributed by atoms with Crippen LogP contribution in [0, 0.1) is 11.3 Å². The third-order valence-electron chi connectivity index (χ3n) is 6.41. The Hall–Kier alpha value is -3.87. The molecule has 2 rings (SSSR count). The number of nitrogens with zero attached hydrogens (tertiary/aromatic N) is 3. The molecule has 10 nitrogen and oxygen atoms in total. The van der Waals surface area contributed by atoms with E-state index in [1.165, 1.54) is 0 Å². The van der Waals surface area contributed by atoms with Crippen LogP contribution in [0.2, 0.25) is 0 Å². The average molecular weight is 554 g/mol.